The highest BCUT2D eigenvalue weighted by Gasteiger charge is 2.12. The van der Waals surface area contributed by atoms with Crippen molar-refractivity contribution < 1.29 is 14.3 Å². The van der Waals surface area contributed by atoms with Gasteiger partial charge in [0.25, 0.3) is 5.56 Å². The molecule has 0 saturated heterocycles. The molecule has 8 nitrogen and oxygen atoms in total. The van der Waals surface area contributed by atoms with E-state index in [2.05, 4.69) is 15.4 Å². The van der Waals surface area contributed by atoms with Gasteiger partial charge in [-0.3, -0.25) is 14.4 Å². The average molecular weight is 372 g/mol. The van der Waals surface area contributed by atoms with Crippen LogP contribution in [0.4, 0.5) is 5.13 Å². The van der Waals surface area contributed by atoms with Crippen LogP contribution < -0.4 is 10.9 Å². The third-order valence-electron chi connectivity index (χ3n) is 3.48. The summed E-state index contributed by atoms with van der Waals surface area (Å²) < 4.78 is 5.96. The molecule has 1 N–H and O–H groups in total. The minimum atomic E-state index is -0.424. The Labute approximate surface area is 152 Å². The summed E-state index contributed by atoms with van der Waals surface area (Å²) in [7, 11) is 0. The van der Waals surface area contributed by atoms with E-state index in [1.54, 1.807) is 36.7 Å². The van der Waals surface area contributed by atoms with Gasteiger partial charge in [-0.05, 0) is 13.0 Å². The molecule has 1 amide bonds. The fourth-order valence-corrected chi connectivity index (χ4v) is 3.07. The topological polar surface area (TPSA) is 103 Å². The molecular weight excluding hydrogens is 356 g/mol. The lowest BCUT2D eigenvalue weighted by Crippen LogP contribution is -2.29. The Kier molecular flexibility index (Phi) is 5.37. The fraction of sp³-hybridized carbons (Fsp3) is 0.235. The molecule has 0 fully saturated rings. The number of anilines is 1. The predicted molar refractivity (Wildman–Crippen MR) is 97.1 cm³/mol. The number of ether oxygens (including phenoxy) is 1. The molecule has 0 unspecified atom stereocenters. The molecule has 2 aromatic heterocycles. The normalized spacial score (nSPS) is 10.7. The molecule has 0 aliphatic heterocycles. The van der Waals surface area contributed by atoms with Gasteiger partial charge >= 0.3 is 5.97 Å². The predicted octanol–water partition coefficient (Wildman–Crippen LogP) is 1.60. The zero-order valence-corrected chi connectivity index (χ0v) is 14.8. The van der Waals surface area contributed by atoms with E-state index < -0.39 is 5.91 Å². The lowest BCUT2D eigenvalue weighted by atomic mass is 10.2. The number of rotatable bonds is 6. The number of thiazole rings is 1. The highest BCUT2D eigenvalue weighted by atomic mass is 32.1. The quantitative estimate of drug-likeness (QED) is 0.659. The van der Waals surface area contributed by atoms with Crippen LogP contribution in [0.3, 0.4) is 0 Å². The van der Waals surface area contributed by atoms with Crippen LogP contribution in [0.15, 0.2) is 40.6 Å². The van der Waals surface area contributed by atoms with Gasteiger partial charge in [0.15, 0.2) is 5.13 Å². The zero-order chi connectivity index (χ0) is 18.5. The van der Waals surface area contributed by atoms with E-state index in [9.17, 15) is 14.4 Å². The lowest BCUT2D eigenvalue weighted by Gasteiger charge is -2.05. The molecule has 0 radical (unpaired) electrons. The highest BCUT2D eigenvalue weighted by molar-refractivity contribution is 7.13. The molecule has 0 atom stereocenters. The molecule has 9 heteroatoms. The summed E-state index contributed by atoms with van der Waals surface area (Å²) >= 11 is 1.20. The molecule has 1 aromatic carbocycles. The van der Waals surface area contributed by atoms with E-state index in [0.29, 0.717) is 22.8 Å². The van der Waals surface area contributed by atoms with Crippen molar-refractivity contribution in [1.82, 2.24) is 14.8 Å². The van der Waals surface area contributed by atoms with Crippen molar-refractivity contribution in [3.63, 3.8) is 0 Å². The number of nitrogens with one attached hydrogen (secondary N) is 1. The molecule has 0 aliphatic rings. The van der Waals surface area contributed by atoms with Crippen molar-refractivity contribution in [3.05, 3.63) is 51.9 Å². The maximum Gasteiger partial charge on any atom is 0.311 e. The molecule has 0 bridgehead atoms. The van der Waals surface area contributed by atoms with Crippen molar-refractivity contribution in [2.24, 2.45) is 0 Å². The Bertz CT molecular complexity index is 1010. The first-order valence-electron chi connectivity index (χ1n) is 7.91. The van der Waals surface area contributed by atoms with Gasteiger partial charge in [0.2, 0.25) is 5.91 Å². The van der Waals surface area contributed by atoms with E-state index >= 15 is 0 Å². The molecule has 26 heavy (non-hydrogen) atoms. The second kappa shape index (κ2) is 7.87. The number of amides is 1. The van der Waals surface area contributed by atoms with Crippen molar-refractivity contribution in [2.45, 2.75) is 19.9 Å². The summed E-state index contributed by atoms with van der Waals surface area (Å²) in [6.45, 7) is 1.81. The first kappa shape index (κ1) is 17.7. The van der Waals surface area contributed by atoms with Crippen LogP contribution >= 0.6 is 11.3 Å². The number of hydrogen-bond acceptors (Lipinski definition) is 7. The number of aromatic nitrogens is 3. The number of hydrogen-bond donors (Lipinski definition) is 1. The molecule has 3 rings (SSSR count). The number of esters is 1. The van der Waals surface area contributed by atoms with Crippen LogP contribution in [-0.2, 0) is 27.3 Å². The Morgan fingerprint density at radius 1 is 1.31 bits per heavy atom. The smallest absolute Gasteiger partial charge is 0.311 e. The molecule has 134 valence electrons. The van der Waals surface area contributed by atoms with Crippen LogP contribution in [0.5, 0.6) is 0 Å². The van der Waals surface area contributed by atoms with Crippen molar-refractivity contribution >= 4 is 39.1 Å². The van der Waals surface area contributed by atoms with Gasteiger partial charge in [0, 0.05) is 10.8 Å². The standard InChI is InChI=1S/C17H16N4O4S/c1-2-25-15(23)7-12-10-26-17(19-12)20-14(22)9-21-16(24)13-6-4-3-5-11(13)8-18-21/h3-6,8,10H,2,7,9H2,1H3,(H,19,20,22). The third-order valence-corrected chi connectivity index (χ3v) is 4.29. The first-order valence-corrected chi connectivity index (χ1v) is 8.79. The van der Waals surface area contributed by atoms with Crippen LogP contribution in [0, 0.1) is 0 Å². The van der Waals surface area contributed by atoms with Crippen LogP contribution in [0.2, 0.25) is 0 Å². The molecular formula is C17H16N4O4S. The van der Waals surface area contributed by atoms with E-state index in [4.69, 9.17) is 4.74 Å². The second-order valence-electron chi connectivity index (χ2n) is 5.37. The van der Waals surface area contributed by atoms with Gasteiger partial charge in [-0.25, -0.2) is 9.67 Å². The maximum atomic E-state index is 12.4. The summed E-state index contributed by atoms with van der Waals surface area (Å²) in [5, 5.41) is 9.87. The van der Waals surface area contributed by atoms with Crippen molar-refractivity contribution in [2.75, 3.05) is 11.9 Å². The largest absolute Gasteiger partial charge is 0.466 e. The highest BCUT2D eigenvalue weighted by Crippen LogP contribution is 2.16. The van der Waals surface area contributed by atoms with E-state index in [-0.39, 0.29) is 24.5 Å². The Hall–Kier alpha value is -3.07. The van der Waals surface area contributed by atoms with E-state index in [1.165, 1.54) is 11.3 Å². The average Bonchev–Trinajstić information content (AvgIpc) is 3.04. The van der Waals surface area contributed by atoms with E-state index in [0.717, 1.165) is 10.1 Å². The third kappa shape index (κ3) is 4.12. The number of benzene rings is 1. The first-order chi connectivity index (χ1) is 12.6. The number of carbonyl (C=O) groups excluding carboxylic acids is 2. The SMILES string of the molecule is CCOC(=O)Cc1csc(NC(=O)Cn2ncc3ccccc3c2=O)n1. The number of nitrogens with zero attached hydrogens (tertiary/aromatic N) is 3. The monoisotopic (exact) mass is 372 g/mol. The molecule has 0 spiro atoms. The molecule has 2 heterocycles. The molecule has 0 saturated carbocycles. The second-order valence-corrected chi connectivity index (χ2v) is 6.23. The fourth-order valence-electron chi connectivity index (χ4n) is 2.34. The maximum absolute atomic E-state index is 12.4. The minimum absolute atomic E-state index is 0.0475. The van der Waals surface area contributed by atoms with Gasteiger partial charge in [0.05, 0.1) is 30.3 Å². The van der Waals surface area contributed by atoms with Gasteiger partial charge in [0.1, 0.15) is 6.54 Å². The number of carbonyl (C=O) groups is 2. The summed E-state index contributed by atoms with van der Waals surface area (Å²) in [4.78, 5) is 40.1. The minimum Gasteiger partial charge on any atom is -0.466 e. The summed E-state index contributed by atoms with van der Waals surface area (Å²) in [6.07, 6.45) is 1.59. The Morgan fingerprint density at radius 2 is 2.12 bits per heavy atom. The molecule has 3 aromatic rings. The van der Waals surface area contributed by atoms with Gasteiger partial charge in [-0.2, -0.15) is 5.10 Å². The summed E-state index contributed by atoms with van der Waals surface area (Å²) in [6, 6.07) is 7.05. The van der Waals surface area contributed by atoms with Crippen LogP contribution in [0.1, 0.15) is 12.6 Å². The van der Waals surface area contributed by atoms with Gasteiger partial charge < -0.3 is 10.1 Å². The number of fused-ring (bicyclic) bond motifs is 1. The lowest BCUT2D eigenvalue weighted by molar-refractivity contribution is -0.142. The molecule has 0 aliphatic carbocycles. The summed E-state index contributed by atoms with van der Waals surface area (Å²) in [5.74, 6) is -0.797. The Morgan fingerprint density at radius 3 is 2.92 bits per heavy atom. The van der Waals surface area contributed by atoms with Crippen LogP contribution in [0.25, 0.3) is 10.8 Å². The Balaban J connectivity index is 1.66. The summed E-state index contributed by atoms with van der Waals surface area (Å²) in [5.41, 5.74) is 0.185. The van der Waals surface area contributed by atoms with Gasteiger partial charge in [-0.1, -0.05) is 18.2 Å². The van der Waals surface area contributed by atoms with Crippen molar-refractivity contribution in [1.29, 1.82) is 0 Å². The van der Waals surface area contributed by atoms with Gasteiger partial charge in [-0.15, -0.1) is 11.3 Å². The van der Waals surface area contributed by atoms with E-state index in [1.807, 2.05) is 6.07 Å². The zero-order valence-electron chi connectivity index (χ0n) is 14.0. The van der Waals surface area contributed by atoms with Crippen molar-refractivity contribution in [3.8, 4) is 0 Å². The van der Waals surface area contributed by atoms with Crippen LogP contribution in [-0.4, -0.2) is 33.2 Å².